The van der Waals surface area contributed by atoms with Crippen molar-refractivity contribution in [3.63, 3.8) is 0 Å². The molecular formula is C23H27ClN2O3. The van der Waals surface area contributed by atoms with Crippen molar-refractivity contribution >= 4 is 29.1 Å². The van der Waals surface area contributed by atoms with Crippen LogP contribution in [0.15, 0.2) is 36.4 Å². The largest absolute Gasteiger partial charge is 0.483 e. The van der Waals surface area contributed by atoms with Crippen LogP contribution in [0.25, 0.3) is 0 Å². The average molecular weight is 415 g/mol. The molecule has 0 spiro atoms. The Kier molecular flexibility index (Phi) is 7.15. The highest BCUT2D eigenvalue weighted by atomic mass is 35.5. The molecule has 29 heavy (non-hydrogen) atoms. The van der Waals surface area contributed by atoms with Gasteiger partial charge in [-0.15, -0.1) is 0 Å². The lowest BCUT2D eigenvalue weighted by molar-refractivity contribution is -0.118. The molecule has 154 valence electrons. The van der Waals surface area contributed by atoms with Gasteiger partial charge in [-0.1, -0.05) is 49.1 Å². The lowest BCUT2D eigenvalue weighted by Gasteiger charge is -2.23. The van der Waals surface area contributed by atoms with Crippen LogP contribution in [-0.4, -0.2) is 24.5 Å². The lowest BCUT2D eigenvalue weighted by Crippen LogP contribution is -2.36. The van der Waals surface area contributed by atoms with Crippen LogP contribution in [0.2, 0.25) is 5.02 Å². The van der Waals surface area contributed by atoms with Gasteiger partial charge in [0.1, 0.15) is 5.75 Å². The number of halogens is 1. The van der Waals surface area contributed by atoms with Gasteiger partial charge in [-0.25, -0.2) is 0 Å². The van der Waals surface area contributed by atoms with E-state index in [-0.39, 0.29) is 24.5 Å². The van der Waals surface area contributed by atoms with Crippen molar-refractivity contribution in [3.8, 4) is 5.75 Å². The number of hydrogen-bond acceptors (Lipinski definition) is 3. The van der Waals surface area contributed by atoms with Crippen molar-refractivity contribution in [3.05, 3.63) is 58.1 Å². The predicted octanol–water partition coefficient (Wildman–Crippen LogP) is 5.04. The number of aryl methyl sites for hydroxylation is 2. The van der Waals surface area contributed by atoms with Gasteiger partial charge in [0.05, 0.1) is 10.6 Å². The minimum atomic E-state index is -0.298. The predicted molar refractivity (Wildman–Crippen MR) is 116 cm³/mol. The summed E-state index contributed by atoms with van der Waals surface area (Å²) in [6.45, 7) is 3.77. The zero-order valence-corrected chi connectivity index (χ0v) is 17.6. The number of carbonyl (C=O) groups excluding carboxylic acids is 2. The molecule has 0 atom stereocenters. The fourth-order valence-corrected chi connectivity index (χ4v) is 3.85. The van der Waals surface area contributed by atoms with Crippen molar-refractivity contribution < 1.29 is 14.3 Å². The monoisotopic (exact) mass is 414 g/mol. The first kappa shape index (κ1) is 21.2. The van der Waals surface area contributed by atoms with Gasteiger partial charge in [0.15, 0.2) is 6.61 Å². The molecule has 0 bridgehead atoms. The third-order valence-corrected chi connectivity index (χ3v) is 5.52. The summed E-state index contributed by atoms with van der Waals surface area (Å²) in [5, 5.41) is 6.19. The van der Waals surface area contributed by atoms with Crippen molar-refractivity contribution in [1.82, 2.24) is 5.32 Å². The second-order valence-corrected chi connectivity index (χ2v) is 7.97. The van der Waals surface area contributed by atoms with Crippen LogP contribution < -0.4 is 15.4 Å². The van der Waals surface area contributed by atoms with Gasteiger partial charge in [-0.2, -0.15) is 0 Å². The summed E-state index contributed by atoms with van der Waals surface area (Å²) in [6, 6.07) is 10.9. The molecule has 3 rings (SSSR count). The maximum absolute atomic E-state index is 12.6. The van der Waals surface area contributed by atoms with E-state index in [2.05, 4.69) is 10.6 Å². The first-order valence-electron chi connectivity index (χ1n) is 10.0. The third-order valence-electron chi connectivity index (χ3n) is 5.19. The summed E-state index contributed by atoms with van der Waals surface area (Å²) in [5.41, 5.74) is 2.83. The van der Waals surface area contributed by atoms with E-state index in [9.17, 15) is 9.59 Å². The van der Waals surface area contributed by atoms with Crippen LogP contribution in [0.4, 0.5) is 5.69 Å². The smallest absolute Gasteiger partial charge is 0.262 e. The summed E-state index contributed by atoms with van der Waals surface area (Å²) in [4.78, 5) is 24.9. The van der Waals surface area contributed by atoms with Gasteiger partial charge >= 0.3 is 0 Å². The zero-order chi connectivity index (χ0) is 20.8. The van der Waals surface area contributed by atoms with Crippen molar-refractivity contribution in [2.75, 3.05) is 11.9 Å². The van der Waals surface area contributed by atoms with Gasteiger partial charge in [0, 0.05) is 11.7 Å². The highest BCUT2D eigenvalue weighted by Crippen LogP contribution is 2.24. The summed E-state index contributed by atoms with van der Waals surface area (Å²) >= 11 is 6.22. The first-order valence-corrected chi connectivity index (χ1v) is 10.4. The van der Waals surface area contributed by atoms with E-state index < -0.39 is 0 Å². The lowest BCUT2D eigenvalue weighted by atomic mass is 9.95. The maximum Gasteiger partial charge on any atom is 0.262 e. The highest BCUT2D eigenvalue weighted by Gasteiger charge is 2.19. The second-order valence-electron chi connectivity index (χ2n) is 7.56. The molecule has 0 aromatic heterocycles. The van der Waals surface area contributed by atoms with Crippen LogP contribution in [0.5, 0.6) is 5.75 Å². The van der Waals surface area contributed by atoms with Crippen LogP contribution in [0, 0.1) is 13.8 Å². The molecule has 1 aliphatic rings. The molecule has 0 radical (unpaired) electrons. The fraction of sp³-hybridized carbons (Fsp3) is 0.391. The number of carbonyl (C=O) groups is 2. The Morgan fingerprint density at radius 1 is 1.07 bits per heavy atom. The van der Waals surface area contributed by atoms with Crippen molar-refractivity contribution in [2.45, 2.75) is 52.0 Å². The van der Waals surface area contributed by atoms with Crippen LogP contribution in [-0.2, 0) is 4.79 Å². The number of nitrogens with one attached hydrogen (secondary N) is 2. The Bertz CT molecular complexity index is 871. The normalized spacial score (nSPS) is 14.3. The number of ether oxygens (including phenoxy) is 1. The minimum absolute atomic E-state index is 0.113. The molecule has 1 saturated carbocycles. The highest BCUT2D eigenvalue weighted by molar-refractivity contribution is 6.34. The molecule has 0 heterocycles. The third kappa shape index (κ3) is 5.73. The first-order chi connectivity index (χ1) is 13.9. The van der Waals surface area contributed by atoms with Gasteiger partial charge in [-0.3, -0.25) is 9.59 Å². The number of benzene rings is 2. The molecule has 2 N–H and O–H groups in total. The number of rotatable bonds is 6. The van der Waals surface area contributed by atoms with Gasteiger partial charge in [0.2, 0.25) is 0 Å². The van der Waals surface area contributed by atoms with E-state index in [1.165, 1.54) is 6.42 Å². The second kappa shape index (κ2) is 9.79. The summed E-state index contributed by atoms with van der Waals surface area (Å²) in [6.07, 6.45) is 5.48. The summed E-state index contributed by atoms with van der Waals surface area (Å²) < 4.78 is 5.69. The van der Waals surface area contributed by atoms with Gasteiger partial charge in [-0.05, 0) is 56.0 Å². The molecule has 0 saturated heterocycles. The van der Waals surface area contributed by atoms with Gasteiger partial charge in [0.25, 0.3) is 11.8 Å². The van der Waals surface area contributed by atoms with Crippen molar-refractivity contribution in [2.24, 2.45) is 0 Å². The topological polar surface area (TPSA) is 67.4 Å². The van der Waals surface area contributed by atoms with E-state index in [0.717, 1.165) is 36.8 Å². The molecule has 2 aromatic rings. The fourth-order valence-electron chi connectivity index (χ4n) is 3.65. The standard InChI is InChI=1S/C23H27ClN2O3/c1-15-7-6-8-16(2)22(15)29-14-21(27)25-18-11-12-20(24)19(13-18)23(28)26-17-9-4-3-5-10-17/h6-8,11-13,17H,3-5,9-10,14H2,1-2H3,(H,25,27)(H,26,28). The Morgan fingerprint density at radius 2 is 1.76 bits per heavy atom. The number of para-hydroxylation sites is 1. The molecule has 5 nitrogen and oxygen atoms in total. The van der Waals surface area contributed by atoms with Crippen molar-refractivity contribution in [1.29, 1.82) is 0 Å². The molecule has 2 aromatic carbocycles. The molecule has 0 unspecified atom stereocenters. The van der Waals surface area contributed by atoms with E-state index in [1.54, 1.807) is 18.2 Å². The summed E-state index contributed by atoms with van der Waals surface area (Å²) in [7, 11) is 0. The molecule has 6 heteroatoms. The van der Waals surface area contributed by atoms with Crippen LogP contribution in [0.1, 0.15) is 53.6 Å². The molecule has 2 amide bonds. The minimum Gasteiger partial charge on any atom is -0.483 e. The number of hydrogen-bond donors (Lipinski definition) is 2. The zero-order valence-electron chi connectivity index (χ0n) is 16.9. The molecule has 1 aliphatic carbocycles. The quantitative estimate of drug-likeness (QED) is 0.696. The number of amides is 2. The summed E-state index contributed by atoms with van der Waals surface area (Å²) in [5.74, 6) is 0.213. The Balaban J connectivity index is 1.61. The van der Waals surface area contributed by atoms with E-state index >= 15 is 0 Å². The molecular weight excluding hydrogens is 388 g/mol. The van der Waals surface area contributed by atoms with Gasteiger partial charge < -0.3 is 15.4 Å². The Labute approximate surface area is 176 Å². The SMILES string of the molecule is Cc1cccc(C)c1OCC(=O)Nc1ccc(Cl)c(C(=O)NC2CCCCC2)c1. The molecule has 0 aliphatic heterocycles. The Morgan fingerprint density at radius 3 is 2.45 bits per heavy atom. The van der Waals surface area contributed by atoms with E-state index in [4.69, 9.17) is 16.3 Å². The van der Waals surface area contributed by atoms with E-state index in [0.29, 0.717) is 22.0 Å². The van der Waals surface area contributed by atoms with Crippen LogP contribution in [0.3, 0.4) is 0 Å². The average Bonchev–Trinajstić information content (AvgIpc) is 2.70. The Hall–Kier alpha value is -2.53. The number of anilines is 1. The maximum atomic E-state index is 12.6. The molecule has 1 fully saturated rings. The van der Waals surface area contributed by atoms with Crippen LogP contribution >= 0.6 is 11.6 Å². The van der Waals surface area contributed by atoms with E-state index in [1.807, 2.05) is 32.0 Å².